The predicted octanol–water partition coefficient (Wildman–Crippen LogP) is 1.93. The number of hydrogen-bond donors (Lipinski definition) is 1. The maximum atomic E-state index is 11.9. The number of rotatable bonds is 5. The highest BCUT2D eigenvalue weighted by Gasteiger charge is 2.21. The van der Waals surface area contributed by atoms with Gasteiger partial charge in [-0.3, -0.25) is 9.59 Å². The van der Waals surface area contributed by atoms with Gasteiger partial charge in [-0.25, -0.2) is 0 Å². The minimum atomic E-state index is -0.368. The first-order valence-electron chi connectivity index (χ1n) is 5.87. The first-order valence-corrected chi connectivity index (χ1v) is 6.64. The summed E-state index contributed by atoms with van der Waals surface area (Å²) in [6, 6.07) is -0.368. The molecular weight excluding hydrogens is 250 g/mol. The van der Waals surface area contributed by atoms with E-state index in [4.69, 9.17) is 0 Å². The van der Waals surface area contributed by atoms with Gasteiger partial charge in [0.1, 0.15) is 11.0 Å². The molecule has 6 heteroatoms. The molecule has 5 nitrogen and oxygen atoms in total. The van der Waals surface area contributed by atoms with E-state index in [0.717, 1.165) is 0 Å². The van der Waals surface area contributed by atoms with Crippen molar-refractivity contribution < 1.29 is 9.59 Å². The van der Waals surface area contributed by atoms with E-state index in [1.54, 1.807) is 25.8 Å². The molecule has 1 unspecified atom stereocenters. The molecule has 0 bridgehead atoms. The molecule has 0 aliphatic carbocycles. The molecule has 1 rings (SSSR count). The Morgan fingerprint density at radius 3 is 2.61 bits per heavy atom. The summed E-state index contributed by atoms with van der Waals surface area (Å²) in [5.74, 6) is -0.0368. The molecule has 1 aromatic heterocycles. The van der Waals surface area contributed by atoms with Crippen LogP contribution in [-0.2, 0) is 4.79 Å². The van der Waals surface area contributed by atoms with Crippen LogP contribution in [0.5, 0.6) is 0 Å². The van der Waals surface area contributed by atoms with Crippen LogP contribution in [0, 0.1) is 6.92 Å². The van der Waals surface area contributed by atoms with Crippen LogP contribution in [0.4, 0.5) is 5.00 Å². The summed E-state index contributed by atoms with van der Waals surface area (Å²) < 4.78 is 4.15. The van der Waals surface area contributed by atoms with Crippen LogP contribution in [0.15, 0.2) is 0 Å². The lowest BCUT2D eigenvalue weighted by Crippen LogP contribution is -2.38. The number of carbonyl (C=O) groups excluding carboxylic acids is 2. The molecular formula is C12H19N3O2S. The normalized spacial score (nSPS) is 12.1. The van der Waals surface area contributed by atoms with Gasteiger partial charge in [-0.05, 0) is 39.2 Å². The van der Waals surface area contributed by atoms with E-state index in [-0.39, 0.29) is 17.7 Å². The van der Waals surface area contributed by atoms with E-state index < -0.39 is 0 Å². The third-order valence-corrected chi connectivity index (χ3v) is 3.65. The van der Waals surface area contributed by atoms with Crippen molar-refractivity contribution in [3.8, 4) is 0 Å². The minimum Gasteiger partial charge on any atom is -0.364 e. The molecule has 0 fully saturated rings. The van der Waals surface area contributed by atoms with Crippen molar-refractivity contribution in [3.05, 3.63) is 11.3 Å². The zero-order valence-electron chi connectivity index (χ0n) is 11.4. The van der Waals surface area contributed by atoms with Crippen molar-refractivity contribution in [1.82, 2.24) is 9.27 Å². The number of likely N-dealkylation sites (N-methyl/N-ethyl adjacent to an activating group) is 1. The number of nitrogens with one attached hydrogen (secondary N) is 1. The second-order valence-electron chi connectivity index (χ2n) is 4.25. The molecule has 100 valence electrons. The first-order chi connectivity index (χ1) is 8.38. The fourth-order valence-corrected chi connectivity index (χ4v) is 2.56. The zero-order valence-corrected chi connectivity index (χ0v) is 12.2. The molecule has 0 aliphatic rings. The van der Waals surface area contributed by atoms with E-state index in [1.807, 2.05) is 6.92 Å². The molecule has 0 aromatic carbocycles. The number of Topliss-reactive ketones (excluding diaryl/α,β-unsaturated/α-hetero) is 1. The van der Waals surface area contributed by atoms with E-state index in [9.17, 15) is 9.59 Å². The molecule has 18 heavy (non-hydrogen) atoms. The third kappa shape index (κ3) is 3.07. The molecule has 1 N–H and O–H groups in total. The lowest BCUT2D eigenvalue weighted by molar-refractivity contribution is -0.130. The quantitative estimate of drug-likeness (QED) is 0.830. The van der Waals surface area contributed by atoms with Gasteiger partial charge < -0.3 is 10.2 Å². The van der Waals surface area contributed by atoms with Crippen molar-refractivity contribution in [2.75, 3.05) is 18.9 Å². The molecule has 0 aliphatic heterocycles. The van der Waals surface area contributed by atoms with Crippen molar-refractivity contribution in [1.29, 1.82) is 0 Å². The van der Waals surface area contributed by atoms with Crippen molar-refractivity contribution >= 4 is 28.2 Å². The topological polar surface area (TPSA) is 62.3 Å². The Kier molecular flexibility index (Phi) is 4.84. The summed E-state index contributed by atoms with van der Waals surface area (Å²) in [5.41, 5.74) is 1.29. The largest absolute Gasteiger partial charge is 0.364 e. The average Bonchev–Trinajstić information content (AvgIpc) is 2.68. The van der Waals surface area contributed by atoms with Gasteiger partial charge >= 0.3 is 0 Å². The van der Waals surface area contributed by atoms with Gasteiger partial charge in [-0.1, -0.05) is 0 Å². The standard InChI is InChI=1S/C12H19N3O2S/c1-6-15(5)12(17)8(3)13-11-10(9(4)16)7(2)14-18-11/h8,13H,6H2,1-5H3. The highest BCUT2D eigenvalue weighted by Crippen LogP contribution is 2.25. The van der Waals surface area contributed by atoms with E-state index in [2.05, 4.69) is 9.69 Å². The lowest BCUT2D eigenvalue weighted by Gasteiger charge is -2.20. The molecule has 0 radical (unpaired) electrons. The smallest absolute Gasteiger partial charge is 0.244 e. The van der Waals surface area contributed by atoms with E-state index in [0.29, 0.717) is 22.8 Å². The number of ketones is 1. The van der Waals surface area contributed by atoms with Crippen LogP contribution in [0.2, 0.25) is 0 Å². The van der Waals surface area contributed by atoms with Crippen molar-refractivity contribution in [2.45, 2.75) is 33.7 Å². The number of hydrogen-bond acceptors (Lipinski definition) is 5. The monoisotopic (exact) mass is 269 g/mol. The first kappa shape index (κ1) is 14.6. The molecule has 0 spiro atoms. The summed E-state index contributed by atoms with van der Waals surface area (Å²) in [6.45, 7) is 7.66. The van der Waals surface area contributed by atoms with Gasteiger partial charge in [-0.15, -0.1) is 0 Å². The second-order valence-corrected chi connectivity index (χ2v) is 5.02. The Hall–Kier alpha value is -1.43. The summed E-state index contributed by atoms with van der Waals surface area (Å²) in [4.78, 5) is 25.1. The number of anilines is 1. The molecule has 0 saturated heterocycles. The molecule has 1 amide bonds. The SMILES string of the molecule is CCN(C)C(=O)C(C)Nc1snc(C)c1C(C)=O. The Balaban J connectivity index is 2.85. The zero-order chi connectivity index (χ0) is 13.9. The fraction of sp³-hybridized carbons (Fsp3) is 0.583. The Labute approximate surface area is 111 Å². The highest BCUT2D eigenvalue weighted by molar-refractivity contribution is 7.10. The molecule has 1 aromatic rings. The van der Waals surface area contributed by atoms with Crippen LogP contribution in [-0.4, -0.2) is 40.6 Å². The Morgan fingerprint density at radius 1 is 1.50 bits per heavy atom. The van der Waals surface area contributed by atoms with Crippen LogP contribution < -0.4 is 5.32 Å². The number of nitrogens with zero attached hydrogens (tertiary/aromatic N) is 2. The predicted molar refractivity (Wildman–Crippen MR) is 73.3 cm³/mol. The number of amides is 1. The maximum Gasteiger partial charge on any atom is 0.244 e. The third-order valence-electron chi connectivity index (χ3n) is 2.78. The molecule has 1 heterocycles. The van der Waals surface area contributed by atoms with Gasteiger partial charge in [0.05, 0.1) is 11.3 Å². The number of carbonyl (C=O) groups is 2. The number of aryl methyl sites for hydroxylation is 1. The lowest BCUT2D eigenvalue weighted by atomic mass is 10.1. The van der Waals surface area contributed by atoms with Crippen LogP contribution in [0.25, 0.3) is 0 Å². The molecule has 1 atom stereocenters. The Bertz CT molecular complexity index is 456. The van der Waals surface area contributed by atoms with Gasteiger partial charge in [0.2, 0.25) is 5.91 Å². The second kappa shape index (κ2) is 5.95. The van der Waals surface area contributed by atoms with Crippen LogP contribution in [0.3, 0.4) is 0 Å². The van der Waals surface area contributed by atoms with E-state index >= 15 is 0 Å². The van der Waals surface area contributed by atoms with Gasteiger partial charge in [0, 0.05) is 13.6 Å². The average molecular weight is 269 g/mol. The highest BCUT2D eigenvalue weighted by atomic mass is 32.1. The number of aromatic nitrogens is 1. The fourth-order valence-electron chi connectivity index (χ4n) is 1.63. The Morgan fingerprint density at radius 2 is 2.11 bits per heavy atom. The summed E-state index contributed by atoms with van der Waals surface area (Å²) in [5, 5.41) is 3.74. The van der Waals surface area contributed by atoms with Crippen LogP contribution >= 0.6 is 11.5 Å². The van der Waals surface area contributed by atoms with Crippen molar-refractivity contribution in [2.24, 2.45) is 0 Å². The molecule has 0 saturated carbocycles. The van der Waals surface area contributed by atoms with Gasteiger partial charge in [0.15, 0.2) is 5.78 Å². The summed E-state index contributed by atoms with van der Waals surface area (Å²) in [6.07, 6.45) is 0. The summed E-state index contributed by atoms with van der Waals surface area (Å²) >= 11 is 1.22. The van der Waals surface area contributed by atoms with Crippen LogP contribution in [0.1, 0.15) is 36.8 Å². The van der Waals surface area contributed by atoms with E-state index in [1.165, 1.54) is 18.5 Å². The minimum absolute atomic E-state index is 0.00180. The maximum absolute atomic E-state index is 11.9. The van der Waals surface area contributed by atoms with Gasteiger partial charge in [-0.2, -0.15) is 4.37 Å². The van der Waals surface area contributed by atoms with Crippen molar-refractivity contribution in [3.63, 3.8) is 0 Å². The summed E-state index contributed by atoms with van der Waals surface area (Å²) in [7, 11) is 1.75. The van der Waals surface area contributed by atoms with Gasteiger partial charge in [0.25, 0.3) is 0 Å².